The summed E-state index contributed by atoms with van der Waals surface area (Å²) in [5.41, 5.74) is -3.86. The van der Waals surface area contributed by atoms with Gasteiger partial charge in [-0.25, -0.2) is 4.79 Å². The van der Waals surface area contributed by atoms with Crippen molar-refractivity contribution in [1.82, 2.24) is 0 Å². The summed E-state index contributed by atoms with van der Waals surface area (Å²) in [4.78, 5) is 26.9. The summed E-state index contributed by atoms with van der Waals surface area (Å²) < 4.78 is 75.1. The number of rotatable bonds is 15. The van der Waals surface area contributed by atoms with E-state index < -0.39 is 138 Å². The fourth-order valence-electron chi connectivity index (χ4n) is 15.4. The predicted molar refractivity (Wildman–Crippen MR) is 269 cm³/mol. The summed E-state index contributed by atoms with van der Waals surface area (Å²) in [5.74, 6) is -1.44. The van der Waals surface area contributed by atoms with Gasteiger partial charge in [-0.3, -0.25) is 4.79 Å². The lowest BCUT2D eigenvalue weighted by Gasteiger charge is -2.68. The highest BCUT2D eigenvalue weighted by Crippen LogP contribution is 2.71. The largest absolute Gasteiger partial charge is 0.458 e. The van der Waals surface area contributed by atoms with E-state index in [1.54, 1.807) is 27.2 Å². The normalized spacial score (nSPS) is 49.1. The summed E-state index contributed by atoms with van der Waals surface area (Å²) in [6.45, 7) is 13.0. The summed E-state index contributed by atoms with van der Waals surface area (Å²) in [6, 6.07) is 9.49. The van der Waals surface area contributed by atoms with Crippen molar-refractivity contribution in [1.29, 1.82) is 0 Å². The number of aliphatic hydroxyl groups excluding tert-OH is 2. The van der Waals surface area contributed by atoms with Crippen molar-refractivity contribution in [2.75, 3.05) is 21.3 Å². The number of methoxy groups -OCH3 is 3. The molecule has 0 aromatic heterocycles. The number of carbonyl (C=O) groups is 2. The van der Waals surface area contributed by atoms with Gasteiger partial charge in [0.15, 0.2) is 25.2 Å². The topological polar surface area (TPSA) is 226 Å². The van der Waals surface area contributed by atoms with Gasteiger partial charge in [0.05, 0.1) is 60.5 Å². The molecule has 9 rings (SSSR count). The molecule has 4 saturated carbocycles. The van der Waals surface area contributed by atoms with Crippen LogP contribution in [0.3, 0.4) is 0 Å². The van der Waals surface area contributed by atoms with Gasteiger partial charge >= 0.3 is 5.97 Å². The van der Waals surface area contributed by atoms with Crippen LogP contribution in [-0.2, 0) is 66.4 Å². The van der Waals surface area contributed by atoms with Crippen LogP contribution in [0, 0.1) is 28.6 Å². The molecule has 25 atom stereocenters. The van der Waals surface area contributed by atoms with E-state index in [1.165, 1.54) is 20.1 Å². The second kappa shape index (κ2) is 22.9. The van der Waals surface area contributed by atoms with Crippen molar-refractivity contribution >= 4 is 17.8 Å². The molecule has 4 heterocycles. The number of esters is 1. The molecule has 0 unspecified atom stereocenters. The minimum Gasteiger partial charge on any atom is -0.458 e. The molecular formula is C57H86O18. The maximum absolute atomic E-state index is 13.6. The monoisotopic (exact) mass is 1060 g/mol. The molecule has 18 heteroatoms. The summed E-state index contributed by atoms with van der Waals surface area (Å²) in [5, 5.41) is 47.7. The zero-order chi connectivity index (χ0) is 53.8. The van der Waals surface area contributed by atoms with E-state index in [0.29, 0.717) is 51.4 Å². The van der Waals surface area contributed by atoms with Gasteiger partial charge in [0, 0.05) is 64.4 Å². The Morgan fingerprint density at radius 2 is 1.19 bits per heavy atom. The minimum absolute atomic E-state index is 0.0749. The first-order valence-electron chi connectivity index (χ1n) is 27.7. The Kier molecular flexibility index (Phi) is 17.5. The molecule has 0 spiro atoms. The summed E-state index contributed by atoms with van der Waals surface area (Å²) in [6.07, 6.45) is -1.68. The first-order chi connectivity index (χ1) is 35.7. The van der Waals surface area contributed by atoms with E-state index in [1.807, 2.05) is 58.0 Å². The number of hydrogen-bond donors (Lipinski definition) is 4. The molecule has 0 bridgehead atoms. The van der Waals surface area contributed by atoms with Gasteiger partial charge in [-0.15, -0.1) is 0 Å². The average molecular weight is 1060 g/mol. The molecule has 4 aliphatic carbocycles. The Hall–Kier alpha value is -2.50. The molecule has 1 aromatic rings. The lowest BCUT2D eigenvalue weighted by atomic mass is 9.40. The Balaban J connectivity index is 0.790. The van der Waals surface area contributed by atoms with Gasteiger partial charge in [-0.2, -0.15) is 0 Å². The highest BCUT2D eigenvalue weighted by molar-refractivity contribution is 5.87. The molecule has 1 aromatic carbocycles. The third-order valence-corrected chi connectivity index (χ3v) is 19.7. The number of hydrogen-bond acceptors (Lipinski definition) is 18. The highest BCUT2D eigenvalue weighted by Gasteiger charge is 2.78. The van der Waals surface area contributed by atoms with E-state index in [2.05, 4.69) is 6.92 Å². The number of ether oxygens (including phenoxy) is 12. The molecule has 0 radical (unpaired) electrons. The smallest absolute Gasteiger partial charge is 0.331 e. The quantitative estimate of drug-likeness (QED) is 0.0960. The van der Waals surface area contributed by atoms with Crippen molar-refractivity contribution in [2.24, 2.45) is 28.6 Å². The van der Waals surface area contributed by atoms with Crippen molar-refractivity contribution in [3.05, 3.63) is 42.0 Å². The van der Waals surface area contributed by atoms with E-state index in [-0.39, 0.29) is 36.8 Å². The van der Waals surface area contributed by atoms with Crippen LogP contribution in [0.25, 0.3) is 6.08 Å². The first-order valence-corrected chi connectivity index (χ1v) is 27.7. The minimum atomic E-state index is -1.64. The molecule has 0 amide bonds. The zero-order valence-corrected chi connectivity index (χ0v) is 45.7. The number of ketones is 1. The summed E-state index contributed by atoms with van der Waals surface area (Å²) in [7, 11) is 4.82. The molecule has 422 valence electrons. The van der Waals surface area contributed by atoms with Crippen LogP contribution in [0.2, 0.25) is 0 Å². The van der Waals surface area contributed by atoms with Gasteiger partial charge in [0.2, 0.25) is 0 Å². The van der Waals surface area contributed by atoms with Gasteiger partial charge < -0.3 is 77.3 Å². The average Bonchev–Trinajstić information content (AvgIpc) is 3.79. The maximum atomic E-state index is 13.6. The number of carbonyl (C=O) groups excluding carboxylic acids is 2. The first kappa shape index (κ1) is 57.2. The third kappa shape index (κ3) is 10.8. The Labute approximate surface area is 442 Å². The fraction of sp³-hybridized carbons (Fsp3) is 0.825. The Morgan fingerprint density at radius 3 is 1.77 bits per heavy atom. The highest BCUT2D eigenvalue weighted by atomic mass is 16.8. The van der Waals surface area contributed by atoms with Crippen LogP contribution < -0.4 is 0 Å². The van der Waals surface area contributed by atoms with Gasteiger partial charge in [-0.05, 0) is 115 Å². The molecule has 8 fully saturated rings. The zero-order valence-electron chi connectivity index (χ0n) is 45.7. The molecule has 4 N–H and O–H groups in total. The van der Waals surface area contributed by atoms with Crippen LogP contribution in [0.4, 0.5) is 0 Å². The Morgan fingerprint density at radius 1 is 0.640 bits per heavy atom. The van der Waals surface area contributed by atoms with Gasteiger partial charge in [0.1, 0.15) is 41.9 Å². The number of Topliss-reactive ketones (excluding diaryl/α,β-unsaturated/α-hetero) is 1. The van der Waals surface area contributed by atoms with E-state index >= 15 is 0 Å². The van der Waals surface area contributed by atoms with E-state index in [9.17, 15) is 30.0 Å². The lowest BCUT2D eigenvalue weighted by molar-refractivity contribution is -0.347. The van der Waals surface area contributed by atoms with Crippen LogP contribution in [-0.4, -0.2) is 175 Å². The van der Waals surface area contributed by atoms with Gasteiger partial charge in [0.25, 0.3) is 0 Å². The molecule has 4 saturated heterocycles. The van der Waals surface area contributed by atoms with Crippen molar-refractivity contribution in [2.45, 2.75) is 247 Å². The second-order valence-electron chi connectivity index (χ2n) is 23.7. The molecule has 75 heavy (non-hydrogen) atoms. The van der Waals surface area contributed by atoms with Crippen LogP contribution >= 0.6 is 0 Å². The SMILES string of the molecule is CO[C@H]1C[C@H](O[C@H]2CC[C@@]3(C)[C@@H](CC[C@]4(O)[C@@H]3C[C@@H](OC(=O)/C=C/c3ccccc3)[C@]3(C)[C@H](C(C)=O)CC[C@@]34O)C2)O[C@H](C)[C@H]1O[C@H]1C[C@H](OC)[C@H](O[C@H]2C[C@H](O)[C@H](O[C@H]3C[C@@H](OC)[C@H](O)[C@@H](C)O3)[C@@H](C)O2)[C@@H](C)O1. The van der Waals surface area contributed by atoms with Crippen molar-refractivity contribution in [3.63, 3.8) is 0 Å². The number of aliphatic hydroxyl groups is 4. The van der Waals surface area contributed by atoms with Crippen molar-refractivity contribution < 1.29 is 86.9 Å². The summed E-state index contributed by atoms with van der Waals surface area (Å²) >= 11 is 0. The van der Waals surface area contributed by atoms with Crippen LogP contribution in [0.5, 0.6) is 0 Å². The predicted octanol–water partition coefficient (Wildman–Crippen LogP) is 5.55. The molecule has 18 nitrogen and oxygen atoms in total. The molecule has 4 aliphatic heterocycles. The van der Waals surface area contributed by atoms with E-state index in [0.717, 1.165) is 18.4 Å². The van der Waals surface area contributed by atoms with Crippen LogP contribution in [0.15, 0.2) is 36.4 Å². The second-order valence-corrected chi connectivity index (χ2v) is 23.7. The molecule has 8 aliphatic rings. The van der Waals surface area contributed by atoms with Crippen molar-refractivity contribution in [3.8, 4) is 0 Å². The number of fused-ring (bicyclic) bond motifs is 5. The van der Waals surface area contributed by atoms with Gasteiger partial charge in [-0.1, -0.05) is 44.2 Å². The lowest BCUT2D eigenvalue weighted by Crippen LogP contribution is -2.76. The molecular weight excluding hydrogens is 973 g/mol. The maximum Gasteiger partial charge on any atom is 0.331 e. The number of benzene rings is 1. The Bertz CT molecular complexity index is 2120. The standard InChI is InChI=1S/C57H86O18/c1-30(58)38-20-23-57(63)55(38,7)44(72-45(60)17-16-35-14-12-11-13-15-35)29-43-54(6)21-19-37(24-36(54)18-22-56(43,57)62)71-47-27-41(65-9)53(33(4)69-47)75-49-28-42(66-10)52(34(5)70-49)74-46-25-39(59)51(32(3)68-46)73-48-26-40(64-8)50(61)31(2)67-48/h11-17,31-34,36-44,46-53,59,61-63H,18-29H2,1-10H3/b17-16+/t31-,32-,33-,34-,36+,37+,38+,39+,40-,41+,42+,43-,44-,46+,47+,48+,49+,50-,51-,52-,53-,54+,55+,56+,57-/m1/s1. The van der Waals surface area contributed by atoms with E-state index in [4.69, 9.17) is 56.8 Å². The fourth-order valence-corrected chi connectivity index (χ4v) is 15.4. The van der Waals surface area contributed by atoms with Crippen LogP contribution in [0.1, 0.15) is 131 Å². The third-order valence-electron chi connectivity index (χ3n) is 19.7.